The Kier molecular flexibility index (Phi) is 16.6. The van der Waals surface area contributed by atoms with E-state index in [4.69, 9.17) is 23.9 Å². The number of aromatic nitrogens is 2. The summed E-state index contributed by atoms with van der Waals surface area (Å²) in [6.07, 6.45) is -12.5. The molecule has 0 radical (unpaired) electrons. The third-order valence-electron chi connectivity index (χ3n) is 9.33. The zero-order valence-corrected chi connectivity index (χ0v) is 36.1. The molecule has 4 rings (SSSR count). The molecule has 0 unspecified atom stereocenters. The smallest absolute Gasteiger partial charge is 0.414 e. The van der Waals surface area contributed by atoms with Crippen molar-refractivity contribution in [1.82, 2.24) is 24.9 Å². The highest BCUT2D eigenvalue weighted by Gasteiger charge is 2.43. The number of fused-ring (bicyclic) bond motifs is 1. The van der Waals surface area contributed by atoms with E-state index in [9.17, 15) is 35.7 Å². The number of hydrogen-bond acceptors (Lipinski definition) is 9. The van der Waals surface area contributed by atoms with Gasteiger partial charge in [0.25, 0.3) is 0 Å². The number of alkyl carbamates (subject to hydrolysis) is 1. The van der Waals surface area contributed by atoms with Gasteiger partial charge in [-0.25, -0.2) is 9.78 Å². The number of nitrogens with one attached hydrogen (secondary N) is 3. The summed E-state index contributed by atoms with van der Waals surface area (Å²) >= 11 is -1.77. The Balaban J connectivity index is 1.68. The molecule has 1 aliphatic carbocycles. The summed E-state index contributed by atoms with van der Waals surface area (Å²) in [7, 11) is -1.50. The minimum absolute atomic E-state index is 0.00151. The molecular weight excluding hydrogens is 809 g/mol. The van der Waals surface area contributed by atoms with Gasteiger partial charge < -0.3 is 38.7 Å². The maximum absolute atomic E-state index is 14.3. The Bertz CT molecular complexity index is 1750. The van der Waals surface area contributed by atoms with Crippen molar-refractivity contribution >= 4 is 36.6 Å². The summed E-state index contributed by atoms with van der Waals surface area (Å²) in [5.41, 5.74) is 2.00. The Hall–Kier alpha value is -2.91. The molecule has 1 fully saturated rings. The molecule has 2 aromatic carbocycles. The Labute approximate surface area is 340 Å². The fraction of sp³-hybridized carbons (Fsp3) is 0.641. The van der Waals surface area contributed by atoms with Crippen molar-refractivity contribution in [3.8, 4) is 0 Å². The van der Waals surface area contributed by atoms with E-state index in [2.05, 4.69) is 29.7 Å². The number of imidazole rings is 1. The largest absolute Gasteiger partial charge is 0.598 e. The van der Waals surface area contributed by atoms with Crippen LogP contribution in [0.4, 0.5) is 31.1 Å². The van der Waals surface area contributed by atoms with Crippen LogP contribution in [0.2, 0.25) is 25.7 Å². The van der Waals surface area contributed by atoms with Crippen LogP contribution < -0.4 is 15.4 Å². The average molecular weight is 866 g/mol. The van der Waals surface area contributed by atoms with Gasteiger partial charge in [-0.1, -0.05) is 56.0 Å². The minimum Gasteiger partial charge on any atom is -0.598 e. The minimum atomic E-state index is -4.83. The van der Waals surface area contributed by atoms with Crippen LogP contribution in [0, 0.1) is 0 Å². The van der Waals surface area contributed by atoms with E-state index < -0.39 is 79.5 Å². The monoisotopic (exact) mass is 865 g/mol. The molecule has 0 bridgehead atoms. The fourth-order valence-electron chi connectivity index (χ4n) is 5.57. The van der Waals surface area contributed by atoms with Crippen molar-refractivity contribution in [2.24, 2.45) is 0 Å². The highest BCUT2D eigenvalue weighted by molar-refractivity contribution is 7.90. The SMILES string of the molecule is C[C@H](O[C@H](C)[C@H](N[S@+]([O-])C(C)(C)C)c1nc2cc([C@@H](COC3CC3)NC[C@H](NC(=O)OCc3ccccc3)C(F)(F)F)ccc2n1COCC[Si](C)(C)C)C(F)(F)F. The van der Waals surface area contributed by atoms with E-state index in [-0.39, 0.29) is 31.9 Å². The number of rotatable bonds is 21. The molecule has 3 aromatic rings. The van der Waals surface area contributed by atoms with Crippen LogP contribution in [0.5, 0.6) is 0 Å². The fourth-order valence-corrected chi connectivity index (χ4v) is 7.21. The molecule has 1 heterocycles. The maximum Gasteiger partial charge on any atom is 0.414 e. The van der Waals surface area contributed by atoms with Crippen molar-refractivity contribution in [3.63, 3.8) is 0 Å². The highest BCUT2D eigenvalue weighted by atomic mass is 32.2. The molecule has 3 N–H and O–H groups in total. The molecule has 1 aromatic heterocycles. The summed E-state index contributed by atoms with van der Waals surface area (Å²) in [4.78, 5) is 17.3. The lowest BCUT2D eigenvalue weighted by molar-refractivity contribution is -0.227. The third-order valence-corrected chi connectivity index (χ3v) is 12.6. The summed E-state index contributed by atoms with van der Waals surface area (Å²) < 4.78 is 124. The lowest BCUT2D eigenvalue weighted by atomic mass is 10.1. The summed E-state index contributed by atoms with van der Waals surface area (Å²) in [5.74, 6) is 0.203. The van der Waals surface area contributed by atoms with E-state index >= 15 is 0 Å². The molecule has 1 saturated carbocycles. The van der Waals surface area contributed by atoms with E-state index in [0.717, 1.165) is 25.8 Å². The lowest BCUT2D eigenvalue weighted by Crippen LogP contribution is -2.52. The second kappa shape index (κ2) is 20.1. The number of benzene rings is 2. The van der Waals surface area contributed by atoms with Crippen LogP contribution in [0.1, 0.15) is 76.5 Å². The van der Waals surface area contributed by atoms with Gasteiger partial charge in [0, 0.05) is 32.6 Å². The van der Waals surface area contributed by atoms with E-state index in [0.29, 0.717) is 28.8 Å². The number of halogens is 6. The van der Waals surface area contributed by atoms with Crippen LogP contribution in [-0.2, 0) is 43.6 Å². The molecule has 19 heteroatoms. The van der Waals surface area contributed by atoms with Crippen molar-refractivity contribution in [2.75, 3.05) is 19.8 Å². The van der Waals surface area contributed by atoms with Crippen molar-refractivity contribution in [2.45, 2.75) is 140 Å². The highest BCUT2D eigenvalue weighted by Crippen LogP contribution is 2.33. The van der Waals surface area contributed by atoms with Gasteiger partial charge in [0.1, 0.15) is 36.0 Å². The van der Waals surface area contributed by atoms with Gasteiger partial charge in [0.15, 0.2) is 6.10 Å². The van der Waals surface area contributed by atoms with Gasteiger partial charge in [0.05, 0.1) is 35.9 Å². The number of amides is 1. The number of alkyl halides is 6. The molecule has 326 valence electrons. The van der Waals surface area contributed by atoms with Gasteiger partial charge in [-0.3, -0.25) is 0 Å². The Morgan fingerprint density at radius 3 is 2.28 bits per heavy atom. The Morgan fingerprint density at radius 1 is 1.02 bits per heavy atom. The van der Waals surface area contributed by atoms with Crippen molar-refractivity contribution in [3.05, 3.63) is 65.5 Å². The predicted molar refractivity (Wildman–Crippen MR) is 213 cm³/mol. The third kappa shape index (κ3) is 15.0. The summed E-state index contributed by atoms with van der Waals surface area (Å²) in [5, 5.41) is 4.84. The topological polar surface area (TPSA) is 131 Å². The zero-order chi connectivity index (χ0) is 43.1. The molecule has 58 heavy (non-hydrogen) atoms. The molecule has 1 aliphatic rings. The van der Waals surface area contributed by atoms with Crippen molar-refractivity contribution in [1.29, 1.82) is 0 Å². The van der Waals surface area contributed by atoms with E-state index in [1.165, 1.54) is 6.92 Å². The van der Waals surface area contributed by atoms with Gasteiger partial charge >= 0.3 is 18.4 Å². The Morgan fingerprint density at radius 2 is 1.69 bits per heavy atom. The normalized spacial score (nSPS) is 17.4. The van der Waals surface area contributed by atoms with Crippen LogP contribution in [0.15, 0.2) is 48.5 Å². The number of hydrogen-bond donors (Lipinski definition) is 3. The van der Waals surface area contributed by atoms with Crippen molar-refractivity contribution < 1.29 is 54.6 Å². The molecule has 0 saturated heterocycles. The second-order valence-electron chi connectivity index (χ2n) is 16.8. The quantitative estimate of drug-likeness (QED) is 0.0418. The van der Waals surface area contributed by atoms with Crippen LogP contribution >= 0.6 is 0 Å². The molecule has 0 aliphatic heterocycles. The summed E-state index contributed by atoms with van der Waals surface area (Å²) in [6, 6.07) is 10.2. The van der Waals surface area contributed by atoms with Gasteiger partial charge in [0.2, 0.25) is 0 Å². The van der Waals surface area contributed by atoms with E-state index in [1.807, 2.05) is 5.32 Å². The number of ether oxygens (including phenoxy) is 4. The zero-order valence-electron chi connectivity index (χ0n) is 34.3. The van der Waals surface area contributed by atoms with Gasteiger partial charge in [-0.05, 0) is 76.8 Å². The first-order chi connectivity index (χ1) is 26.9. The molecular formula is C39H57F6N5O6SSi. The first-order valence-electron chi connectivity index (χ1n) is 19.3. The molecule has 0 spiro atoms. The second-order valence-corrected chi connectivity index (χ2v) is 24.4. The average Bonchev–Trinajstić information content (AvgIpc) is 3.88. The lowest BCUT2D eigenvalue weighted by Gasteiger charge is -2.32. The summed E-state index contributed by atoms with van der Waals surface area (Å²) in [6.45, 7) is 13.5. The molecule has 1 amide bonds. The molecule has 11 nitrogen and oxygen atoms in total. The number of nitrogens with zero attached hydrogens (tertiary/aromatic N) is 2. The van der Waals surface area contributed by atoms with Gasteiger partial charge in [-0.15, -0.1) is 4.72 Å². The van der Waals surface area contributed by atoms with Crippen LogP contribution in [0.3, 0.4) is 0 Å². The molecule has 6 atom stereocenters. The first-order valence-corrected chi connectivity index (χ1v) is 24.1. The van der Waals surface area contributed by atoms with Crippen LogP contribution in [0.25, 0.3) is 11.0 Å². The standard InChI is InChI=1S/C39H57F6N5O6SSi/c1-25(56-26(2)38(40,41)42)34(49-57(52)37(3,4)5)35-47-30-20-28(14-17-32(30)50(35)24-53-18-19-58(6,7)8)31(23-54-29-15-16-29)46-21-33(39(43,44)45)48-36(51)55-22-27-12-10-9-11-13-27/h9-14,17,20,25-26,29,31,33-34,46,49H,15-16,18-19,21-24H2,1-8H3,(H,48,51)/t25-,26+,31-,33+,34+,57-/m1/s1. The predicted octanol–water partition coefficient (Wildman–Crippen LogP) is 8.46. The number of carbonyl (C=O) groups excluding carboxylic acids is 1. The number of carbonyl (C=O) groups is 1. The van der Waals surface area contributed by atoms with Crippen LogP contribution in [-0.4, -0.2) is 89.5 Å². The first kappa shape index (κ1) is 47.8. The maximum atomic E-state index is 14.3. The van der Waals surface area contributed by atoms with E-state index in [1.54, 1.807) is 73.9 Å². The van der Waals surface area contributed by atoms with Gasteiger partial charge in [-0.2, -0.15) is 26.3 Å².